The minimum absolute atomic E-state index is 0. The first-order chi connectivity index (χ1) is 1.00. The van der Waals surface area contributed by atoms with E-state index in [1.165, 1.54) is 0 Å². The van der Waals surface area contributed by atoms with E-state index in [1.807, 2.05) is 9.39 Å². The molecule has 0 rings (SSSR count). The molecule has 0 saturated carbocycles. The molecular formula is H7Br3NP. The highest BCUT2D eigenvalue weighted by Gasteiger charge is 0.814. The van der Waals surface area contributed by atoms with E-state index in [9.17, 15) is 0 Å². The van der Waals surface area contributed by atoms with E-state index in [0.29, 0.717) is 0 Å². The zero-order chi connectivity index (χ0) is 2.00. The second-order valence-electron chi connectivity index (χ2n) is 0. The van der Waals surface area contributed by atoms with Crippen LogP contribution in [0.2, 0.25) is 0 Å². The van der Waals surface area contributed by atoms with Crippen molar-refractivity contribution in [3.8, 4) is 0 Å². The lowest BCUT2D eigenvalue weighted by Crippen LogP contribution is -1.45. The highest BCUT2D eigenvalue weighted by Crippen LogP contribution is 1.29. The highest BCUT2D eigenvalue weighted by molar-refractivity contribution is 8.93. The van der Waals surface area contributed by atoms with E-state index in [0.717, 1.165) is 0 Å². The fourth-order valence-electron chi connectivity index (χ4n) is 0. The summed E-state index contributed by atoms with van der Waals surface area (Å²) in [5.74, 6) is 0. The maximum atomic E-state index is 4.42. The molecule has 0 spiro atoms. The van der Waals surface area contributed by atoms with Gasteiger partial charge >= 0.3 is 0 Å². The van der Waals surface area contributed by atoms with Gasteiger partial charge in [-0.3, -0.25) is 0 Å². The van der Waals surface area contributed by atoms with Crippen LogP contribution in [0.3, 0.4) is 0 Å². The first-order valence-electron chi connectivity index (χ1n) is 0.333. The molecule has 5 heteroatoms. The Morgan fingerprint density at radius 1 is 0.800 bits per heavy atom. The number of rotatable bonds is 0. The van der Waals surface area contributed by atoms with Gasteiger partial charge in [0.2, 0.25) is 0 Å². The Hall–Kier alpha value is 1.83. The third-order valence-corrected chi connectivity index (χ3v) is 0. The molecule has 0 amide bonds. The van der Waals surface area contributed by atoms with Crippen molar-refractivity contribution in [3.05, 3.63) is 0 Å². The van der Waals surface area contributed by atoms with Crippen molar-refractivity contribution in [2.24, 2.45) is 5.50 Å². The quantitative estimate of drug-likeness (QED) is 0.672. The monoisotopic (exact) mass is 289 g/mol. The van der Waals surface area contributed by atoms with Gasteiger partial charge in [0.05, 0.1) is 0 Å². The Bertz CT molecular complexity index is 6.85. The summed E-state index contributed by atoms with van der Waals surface area (Å²) >= 11 is 0. The average Bonchev–Trinajstić information content (AvgIpc) is 1.00. The standard InChI is InChI=1S/3BrH.H4NP/c;;;1-2/h3*1H;1-2H2. The molecule has 5 heavy (non-hydrogen) atoms. The van der Waals surface area contributed by atoms with E-state index >= 15 is 0 Å². The van der Waals surface area contributed by atoms with Crippen LogP contribution in [-0.4, -0.2) is 0 Å². The zero-order valence-electron chi connectivity index (χ0n) is 2.38. The van der Waals surface area contributed by atoms with Crippen LogP contribution in [0.5, 0.6) is 0 Å². The molecule has 0 fully saturated rings. The van der Waals surface area contributed by atoms with Crippen molar-refractivity contribution < 1.29 is 0 Å². The first-order valence-corrected chi connectivity index (χ1v) is 1.00. The van der Waals surface area contributed by atoms with E-state index in [-0.39, 0.29) is 50.9 Å². The summed E-state index contributed by atoms with van der Waals surface area (Å²) in [6.07, 6.45) is 0. The van der Waals surface area contributed by atoms with Gasteiger partial charge in [0.25, 0.3) is 0 Å². The molecule has 0 aromatic heterocycles. The summed E-state index contributed by atoms with van der Waals surface area (Å²) < 4.78 is 0. The summed E-state index contributed by atoms with van der Waals surface area (Å²) in [5, 5.41) is 0. The SMILES string of the molecule is Br.Br.Br.NP. The summed E-state index contributed by atoms with van der Waals surface area (Å²) in [4.78, 5) is 0. The van der Waals surface area contributed by atoms with Crippen LogP contribution in [0.15, 0.2) is 0 Å². The number of nitrogens with two attached hydrogens (primary N) is 1. The van der Waals surface area contributed by atoms with Crippen LogP contribution >= 0.6 is 60.3 Å². The van der Waals surface area contributed by atoms with Crippen LogP contribution in [0.25, 0.3) is 0 Å². The van der Waals surface area contributed by atoms with Gasteiger partial charge in [0.1, 0.15) is 0 Å². The smallest absolute Gasteiger partial charge is 0.0726 e. The summed E-state index contributed by atoms with van der Waals surface area (Å²) in [6.45, 7) is 0. The van der Waals surface area contributed by atoms with E-state index in [2.05, 4.69) is 5.50 Å². The maximum absolute atomic E-state index is 4.42. The van der Waals surface area contributed by atoms with Gasteiger partial charge in [0.15, 0.2) is 0 Å². The van der Waals surface area contributed by atoms with Gasteiger partial charge in [-0.2, -0.15) is 0 Å². The Labute approximate surface area is 65.6 Å². The topological polar surface area (TPSA) is 26.0 Å². The Kier molecular flexibility index (Phi) is 235. The van der Waals surface area contributed by atoms with E-state index in [1.54, 1.807) is 0 Å². The maximum Gasteiger partial charge on any atom is -0.0726 e. The average molecular weight is 292 g/mol. The van der Waals surface area contributed by atoms with Crippen molar-refractivity contribution >= 4 is 60.3 Å². The predicted molar refractivity (Wildman–Crippen MR) is 44.9 cm³/mol. The van der Waals surface area contributed by atoms with Crippen LogP contribution in [0.4, 0.5) is 0 Å². The number of halogens is 3. The summed E-state index contributed by atoms with van der Waals surface area (Å²) in [5.41, 5.74) is 4.42. The summed E-state index contributed by atoms with van der Waals surface area (Å²) in [7, 11) is 1.92. The van der Waals surface area contributed by atoms with Crippen molar-refractivity contribution in [1.29, 1.82) is 0 Å². The normalized spacial score (nSPS) is 1.20. The molecule has 0 aliphatic carbocycles. The third kappa shape index (κ3) is 25.5. The molecule has 38 valence electrons. The Balaban J connectivity index is -0.00000000167. The molecule has 0 aromatic carbocycles. The van der Waals surface area contributed by atoms with Crippen molar-refractivity contribution in [2.75, 3.05) is 0 Å². The lowest BCUT2D eigenvalue weighted by molar-refractivity contribution is 2.06. The predicted octanol–water partition coefficient (Wildman–Crippen LogP) is 1.47. The van der Waals surface area contributed by atoms with E-state index in [4.69, 9.17) is 0 Å². The molecule has 2 N–H and O–H groups in total. The van der Waals surface area contributed by atoms with Gasteiger partial charge < -0.3 is 5.50 Å². The molecule has 1 atom stereocenters. The second-order valence-corrected chi connectivity index (χ2v) is 0. The first kappa shape index (κ1) is 29.0. The lowest BCUT2D eigenvalue weighted by atomic mass is 13.9. The molecule has 0 heterocycles. The Morgan fingerprint density at radius 3 is 0.800 bits per heavy atom. The molecular weight excluding hydrogens is 285 g/mol. The van der Waals surface area contributed by atoms with Crippen molar-refractivity contribution in [1.82, 2.24) is 0 Å². The zero-order valence-corrected chi connectivity index (χ0v) is 8.67. The fourth-order valence-corrected chi connectivity index (χ4v) is 0. The van der Waals surface area contributed by atoms with Crippen molar-refractivity contribution in [3.63, 3.8) is 0 Å². The van der Waals surface area contributed by atoms with Gasteiger partial charge in [-0.05, 0) is 0 Å². The van der Waals surface area contributed by atoms with Gasteiger partial charge in [-0.25, -0.2) is 0 Å². The van der Waals surface area contributed by atoms with Crippen LogP contribution in [0, 0.1) is 0 Å². The summed E-state index contributed by atoms with van der Waals surface area (Å²) in [6, 6.07) is 0. The molecule has 1 nitrogen and oxygen atoms in total. The lowest BCUT2D eigenvalue weighted by Gasteiger charge is -1.20. The van der Waals surface area contributed by atoms with Gasteiger partial charge in [-0.15, -0.1) is 50.9 Å². The largest absolute Gasteiger partial charge is 0.314 e. The van der Waals surface area contributed by atoms with Crippen LogP contribution in [0.1, 0.15) is 0 Å². The molecule has 0 radical (unpaired) electrons. The molecule has 1 unspecified atom stereocenters. The fraction of sp³-hybridized carbons (Fsp3) is 0. The minimum atomic E-state index is 0. The number of hydrogen-bond acceptors (Lipinski definition) is 1. The van der Waals surface area contributed by atoms with Gasteiger partial charge in [-0.1, -0.05) is 9.39 Å². The Morgan fingerprint density at radius 2 is 0.800 bits per heavy atom. The highest BCUT2D eigenvalue weighted by atomic mass is 79.9. The van der Waals surface area contributed by atoms with Crippen molar-refractivity contribution in [2.45, 2.75) is 0 Å². The minimum Gasteiger partial charge on any atom is -0.314 e. The molecule has 0 aliphatic heterocycles. The molecule has 0 aliphatic rings. The van der Waals surface area contributed by atoms with Gasteiger partial charge in [0, 0.05) is 0 Å². The molecule has 0 bridgehead atoms. The number of hydrogen-bond donors (Lipinski definition) is 1. The van der Waals surface area contributed by atoms with E-state index < -0.39 is 0 Å². The van der Waals surface area contributed by atoms with Crippen LogP contribution < -0.4 is 5.50 Å². The third-order valence-electron chi connectivity index (χ3n) is 0. The molecule has 0 aromatic rings. The second kappa shape index (κ2) is 40.6. The van der Waals surface area contributed by atoms with Crippen LogP contribution in [-0.2, 0) is 0 Å². The molecule has 0 saturated heterocycles.